The summed E-state index contributed by atoms with van der Waals surface area (Å²) < 4.78 is 0. The molecule has 8 nitrogen and oxygen atoms in total. The maximum absolute atomic E-state index is 12.3. The second kappa shape index (κ2) is 7.87. The summed E-state index contributed by atoms with van der Waals surface area (Å²) in [5.41, 5.74) is 5.90. The minimum Gasteiger partial charge on any atom is -0.480 e. The SMILES string of the molecule is CC(NC(=O)N1CCCC1C(=O)NNc1cccc(Cl)c1)C(=O)O. The van der Waals surface area contributed by atoms with Gasteiger partial charge in [-0.15, -0.1) is 0 Å². The molecule has 2 unspecified atom stereocenters. The van der Waals surface area contributed by atoms with Gasteiger partial charge in [0.15, 0.2) is 0 Å². The van der Waals surface area contributed by atoms with Crippen molar-refractivity contribution >= 4 is 35.2 Å². The Labute approximate surface area is 144 Å². The molecule has 0 bridgehead atoms. The van der Waals surface area contributed by atoms with Gasteiger partial charge in [0.1, 0.15) is 12.1 Å². The zero-order valence-corrected chi connectivity index (χ0v) is 13.8. The van der Waals surface area contributed by atoms with Crippen molar-refractivity contribution in [2.24, 2.45) is 0 Å². The number of anilines is 1. The lowest BCUT2D eigenvalue weighted by Gasteiger charge is -2.25. The maximum atomic E-state index is 12.3. The summed E-state index contributed by atoms with van der Waals surface area (Å²) in [5.74, 6) is -1.50. The second-order valence-corrected chi connectivity index (χ2v) is 5.92. The predicted octanol–water partition coefficient (Wildman–Crippen LogP) is 1.43. The van der Waals surface area contributed by atoms with Crippen LogP contribution in [0, 0.1) is 0 Å². The van der Waals surface area contributed by atoms with Crippen molar-refractivity contribution in [1.82, 2.24) is 15.6 Å². The van der Waals surface area contributed by atoms with Crippen LogP contribution in [0.5, 0.6) is 0 Å². The molecule has 1 aromatic carbocycles. The third-order valence-electron chi connectivity index (χ3n) is 3.68. The molecule has 1 aromatic rings. The van der Waals surface area contributed by atoms with Gasteiger partial charge in [-0.2, -0.15) is 0 Å². The number of hydrazine groups is 1. The highest BCUT2D eigenvalue weighted by Crippen LogP contribution is 2.18. The van der Waals surface area contributed by atoms with E-state index in [1.165, 1.54) is 11.8 Å². The number of nitrogens with one attached hydrogen (secondary N) is 3. The molecule has 0 radical (unpaired) electrons. The van der Waals surface area contributed by atoms with Gasteiger partial charge in [0.2, 0.25) is 0 Å². The minimum atomic E-state index is -1.13. The lowest BCUT2D eigenvalue weighted by atomic mass is 10.2. The molecule has 1 aliphatic heterocycles. The van der Waals surface area contributed by atoms with E-state index < -0.39 is 24.1 Å². The first-order chi connectivity index (χ1) is 11.4. The van der Waals surface area contributed by atoms with Gasteiger partial charge in [-0.3, -0.25) is 20.4 Å². The van der Waals surface area contributed by atoms with Crippen molar-refractivity contribution in [3.05, 3.63) is 29.3 Å². The number of rotatable bonds is 5. The van der Waals surface area contributed by atoms with E-state index >= 15 is 0 Å². The maximum Gasteiger partial charge on any atom is 0.325 e. The van der Waals surface area contributed by atoms with Gasteiger partial charge in [0, 0.05) is 11.6 Å². The first-order valence-corrected chi connectivity index (χ1v) is 7.87. The first kappa shape index (κ1) is 17.9. The molecule has 1 aliphatic rings. The topological polar surface area (TPSA) is 111 Å². The second-order valence-electron chi connectivity index (χ2n) is 5.49. The van der Waals surface area contributed by atoms with Gasteiger partial charge >= 0.3 is 12.0 Å². The molecule has 130 valence electrons. The van der Waals surface area contributed by atoms with E-state index in [0.29, 0.717) is 30.1 Å². The summed E-state index contributed by atoms with van der Waals surface area (Å²) >= 11 is 5.86. The molecular weight excluding hydrogens is 336 g/mol. The van der Waals surface area contributed by atoms with E-state index in [4.69, 9.17) is 16.7 Å². The average Bonchev–Trinajstić information content (AvgIpc) is 3.02. The standard InChI is InChI=1S/C15H19ClN4O4/c1-9(14(22)23)17-15(24)20-7-3-6-12(20)13(21)19-18-11-5-2-4-10(16)8-11/h2,4-5,8-9,12,18H,3,6-7H2,1H3,(H,17,24)(H,19,21)(H,22,23). The molecule has 0 saturated carbocycles. The molecule has 4 N–H and O–H groups in total. The molecule has 0 aliphatic carbocycles. The van der Waals surface area contributed by atoms with Crippen LogP contribution >= 0.6 is 11.6 Å². The Morgan fingerprint density at radius 2 is 2.12 bits per heavy atom. The largest absolute Gasteiger partial charge is 0.480 e. The van der Waals surface area contributed by atoms with Crippen LogP contribution in [0.2, 0.25) is 5.02 Å². The van der Waals surface area contributed by atoms with Crippen LogP contribution in [0.3, 0.4) is 0 Å². The first-order valence-electron chi connectivity index (χ1n) is 7.50. The van der Waals surface area contributed by atoms with Crippen molar-refractivity contribution in [3.8, 4) is 0 Å². The van der Waals surface area contributed by atoms with Crippen molar-refractivity contribution in [2.75, 3.05) is 12.0 Å². The number of benzene rings is 1. The Morgan fingerprint density at radius 1 is 1.38 bits per heavy atom. The van der Waals surface area contributed by atoms with Crippen LogP contribution in [0.1, 0.15) is 19.8 Å². The number of amides is 3. The monoisotopic (exact) mass is 354 g/mol. The molecule has 24 heavy (non-hydrogen) atoms. The summed E-state index contributed by atoms with van der Waals surface area (Å²) in [6, 6.07) is 4.59. The molecule has 0 aromatic heterocycles. The zero-order valence-electron chi connectivity index (χ0n) is 13.1. The number of hydrogen-bond acceptors (Lipinski definition) is 4. The summed E-state index contributed by atoms with van der Waals surface area (Å²) in [6.07, 6.45) is 1.18. The lowest BCUT2D eigenvalue weighted by Crippen LogP contribution is -2.53. The van der Waals surface area contributed by atoms with Gasteiger partial charge in [-0.1, -0.05) is 17.7 Å². The van der Waals surface area contributed by atoms with Crippen LogP contribution in [-0.2, 0) is 9.59 Å². The fourth-order valence-electron chi connectivity index (χ4n) is 2.40. The zero-order chi connectivity index (χ0) is 17.7. The summed E-state index contributed by atoms with van der Waals surface area (Å²) in [5, 5.41) is 11.7. The van der Waals surface area contributed by atoms with Crippen molar-refractivity contribution in [1.29, 1.82) is 0 Å². The van der Waals surface area contributed by atoms with Gasteiger partial charge in [0.25, 0.3) is 5.91 Å². The molecular formula is C15H19ClN4O4. The van der Waals surface area contributed by atoms with Crippen LogP contribution in [0.15, 0.2) is 24.3 Å². The van der Waals surface area contributed by atoms with Crippen LogP contribution in [-0.4, -0.2) is 46.5 Å². The summed E-state index contributed by atoms with van der Waals surface area (Å²) in [6.45, 7) is 1.76. The normalized spacial score (nSPS) is 17.9. The predicted molar refractivity (Wildman–Crippen MR) is 88.6 cm³/mol. The molecule has 0 spiro atoms. The van der Waals surface area contributed by atoms with Gasteiger partial charge in [0.05, 0.1) is 5.69 Å². The Balaban J connectivity index is 1.92. The Bertz CT molecular complexity index is 640. The molecule has 2 atom stereocenters. The molecule has 1 fully saturated rings. The Hall–Kier alpha value is -2.48. The Morgan fingerprint density at radius 3 is 2.79 bits per heavy atom. The number of carbonyl (C=O) groups excluding carboxylic acids is 2. The quantitative estimate of drug-likeness (QED) is 0.598. The van der Waals surface area contributed by atoms with Gasteiger partial charge in [-0.25, -0.2) is 4.79 Å². The van der Waals surface area contributed by atoms with Crippen molar-refractivity contribution in [2.45, 2.75) is 31.8 Å². The molecule has 3 amide bonds. The minimum absolute atomic E-state index is 0.370. The third-order valence-corrected chi connectivity index (χ3v) is 3.92. The van der Waals surface area contributed by atoms with Gasteiger partial charge < -0.3 is 15.3 Å². The highest BCUT2D eigenvalue weighted by molar-refractivity contribution is 6.30. The van der Waals surface area contributed by atoms with E-state index in [2.05, 4.69) is 16.2 Å². The number of urea groups is 1. The number of carbonyl (C=O) groups is 3. The number of halogens is 1. The highest BCUT2D eigenvalue weighted by atomic mass is 35.5. The van der Waals surface area contributed by atoms with Crippen molar-refractivity contribution in [3.63, 3.8) is 0 Å². The summed E-state index contributed by atoms with van der Waals surface area (Å²) in [4.78, 5) is 36.6. The number of carboxylic acids is 1. The highest BCUT2D eigenvalue weighted by Gasteiger charge is 2.35. The van der Waals surface area contributed by atoms with Crippen molar-refractivity contribution < 1.29 is 19.5 Å². The van der Waals surface area contributed by atoms with E-state index in [1.54, 1.807) is 24.3 Å². The van der Waals surface area contributed by atoms with E-state index in [9.17, 15) is 14.4 Å². The summed E-state index contributed by atoms with van der Waals surface area (Å²) in [7, 11) is 0. The number of aliphatic carboxylic acids is 1. The smallest absolute Gasteiger partial charge is 0.325 e. The van der Waals surface area contributed by atoms with E-state index in [0.717, 1.165) is 0 Å². The third kappa shape index (κ3) is 4.51. The van der Waals surface area contributed by atoms with E-state index in [-0.39, 0.29) is 5.91 Å². The lowest BCUT2D eigenvalue weighted by molar-refractivity contribution is -0.138. The van der Waals surface area contributed by atoms with Crippen LogP contribution in [0.4, 0.5) is 10.5 Å². The fourth-order valence-corrected chi connectivity index (χ4v) is 2.59. The fraction of sp³-hybridized carbons (Fsp3) is 0.400. The van der Waals surface area contributed by atoms with Gasteiger partial charge in [-0.05, 0) is 38.0 Å². The number of hydrogen-bond donors (Lipinski definition) is 4. The molecule has 9 heteroatoms. The molecule has 2 rings (SSSR count). The average molecular weight is 355 g/mol. The van der Waals surface area contributed by atoms with E-state index in [1.807, 2.05) is 0 Å². The van der Waals surface area contributed by atoms with Crippen LogP contribution in [0.25, 0.3) is 0 Å². The van der Waals surface area contributed by atoms with Crippen LogP contribution < -0.4 is 16.2 Å². The molecule has 1 saturated heterocycles. The number of likely N-dealkylation sites (tertiary alicyclic amines) is 1. The number of nitrogens with zero attached hydrogens (tertiary/aromatic N) is 1. The Kier molecular flexibility index (Phi) is 5.86. The number of carboxylic acid groups (broad SMARTS) is 1. The molecule has 1 heterocycles.